The summed E-state index contributed by atoms with van der Waals surface area (Å²) in [4.78, 5) is 2.27. The van der Waals surface area contributed by atoms with Crippen molar-refractivity contribution in [2.24, 2.45) is 0 Å². The molecule has 0 aromatic heterocycles. The molecule has 0 aliphatic rings. The maximum atomic E-state index is 3.46. The van der Waals surface area contributed by atoms with Gasteiger partial charge in [0.2, 0.25) is 0 Å². The molecule has 23 heavy (non-hydrogen) atoms. The number of hydrogen-bond donors (Lipinski definition) is 1. The van der Waals surface area contributed by atoms with E-state index in [1.807, 2.05) is 24.3 Å². The van der Waals surface area contributed by atoms with Gasteiger partial charge in [-0.25, -0.2) is 0 Å². The molecule has 0 amide bonds. The van der Waals surface area contributed by atoms with Crippen LogP contribution in [0.25, 0.3) is 0 Å². The smallest absolute Gasteiger partial charge is 0.0426 e. The van der Waals surface area contributed by atoms with Gasteiger partial charge in [-0.05, 0) is 35.4 Å². The Hall–Kier alpha value is -2.74. The van der Waals surface area contributed by atoms with E-state index < -0.39 is 0 Å². The van der Waals surface area contributed by atoms with Gasteiger partial charge < -0.3 is 10.2 Å². The lowest BCUT2D eigenvalue weighted by molar-refractivity contribution is 0.919. The highest BCUT2D eigenvalue weighted by Crippen LogP contribution is 2.16. The zero-order chi connectivity index (χ0) is 15.9. The van der Waals surface area contributed by atoms with E-state index in [0.717, 1.165) is 18.8 Å². The van der Waals surface area contributed by atoms with Gasteiger partial charge in [-0.15, -0.1) is 0 Å². The predicted octanol–water partition coefficient (Wildman–Crippen LogP) is 4.94. The standard InChI is InChI=1S/C21H22N2/c1-23(21-13-6-3-7-14-21)17-19-10-8-9-18(15-19)16-22-20-11-4-2-5-12-20/h2-15,22H,16-17H2,1H3. The van der Waals surface area contributed by atoms with Crippen LogP contribution in [0.2, 0.25) is 0 Å². The zero-order valence-electron chi connectivity index (χ0n) is 13.4. The lowest BCUT2D eigenvalue weighted by Gasteiger charge is -2.19. The van der Waals surface area contributed by atoms with Gasteiger partial charge in [-0.1, -0.05) is 60.7 Å². The molecule has 0 saturated heterocycles. The molecule has 0 aliphatic heterocycles. The van der Waals surface area contributed by atoms with Crippen molar-refractivity contribution < 1.29 is 0 Å². The largest absolute Gasteiger partial charge is 0.381 e. The number of benzene rings is 3. The first-order valence-electron chi connectivity index (χ1n) is 7.94. The fraction of sp³-hybridized carbons (Fsp3) is 0.143. The molecule has 0 bridgehead atoms. The summed E-state index contributed by atoms with van der Waals surface area (Å²) in [5, 5.41) is 3.46. The van der Waals surface area contributed by atoms with E-state index >= 15 is 0 Å². The fourth-order valence-electron chi connectivity index (χ4n) is 2.65. The van der Waals surface area contributed by atoms with E-state index in [1.165, 1.54) is 16.8 Å². The van der Waals surface area contributed by atoms with Crippen LogP contribution < -0.4 is 10.2 Å². The van der Waals surface area contributed by atoms with Crippen LogP contribution in [0, 0.1) is 0 Å². The fourth-order valence-corrected chi connectivity index (χ4v) is 2.65. The van der Waals surface area contributed by atoms with Crippen LogP contribution in [0.3, 0.4) is 0 Å². The maximum Gasteiger partial charge on any atom is 0.0426 e. The molecule has 3 rings (SSSR count). The van der Waals surface area contributed by atoms with E-state index in [4.69, 9.17) is 0 Å². The Bertz CT molecular complexity index is 723. The molecule has 2 heteroatoms. The molecule has 0 atom stereocenters. The third-order valence-electron chi connectivity index (χ3n) is 3.88. The Labute approximate surface area is 138 Å². The summed E-state index contributed by atoms with van der Waals surface area (Å²) < 4.78 is 0. The Morgan fingerprint density at radius 1 is 0.739 bits per heavy atom. The van der Waals surface area contributed by atoms with Crippen molar-refractivity contribution in [2.75, 3.05) is 17.3 Å². The molecule has 3 aromatic rings. The average Bonchev–Trinajstić information content (AvgIpc) is 2.62. The molecule has 0 aliphatic carbocycles. The number of rotatable bonds is 6. The summed E-state index contributed by atoms with van der Waals surface area (Å²) >= 11 is 0. The zero-order valence-corrected chi connectivity index (χ0v) is 13.4. The Balaban J connectivity index is 1.63. The van der Waals surface area contributed by atoms with Crippen LogP contribution in [0.4, 0.5) is 11.4 Å². The summed E-state index contributed by atoms with van der Waals surface area (Å²) in [6.07, 6.45) is 0. The lowest BCUT2D eigenvalue weighted by Crippen LogP contribution is -2.16. The third-order valence-corrected chi connectivity index (χ3v) is 3.88. The van der Waals surface area contributed by atoms with Crippen molar-refractivity contribution in [2.45, 2.75) is 13.1 Å². The maximum absolute atomic E-state index is 3.46. The highest BCUT2D eigenvalue weighted by molar-refractivity contribution is 5.46. The summed E-state index contributed by atoms with van der Waals surface area (Å²) in [7, 11) is 2.13. The van der Waals surface area contributed by atoms with Crippen LogP contribution in [-0.2, 0) is 13.1 Å². The SMILES string of the molecule is CN(Cc1cccc(CNc2ccccc2)c1)c1ccccc1. The predicted molar refractivity (Wildman–Crippen MR) is 98.8 cm³/mol. The first kappa shape index (κ1) is 15.2. The summed E-state index contributed by atoms with van der Waals surface area (Å²) in [6.45, 7) is 1.75. The van der Waals surface area contributed by atoms with Gasteiger partial charge in [-0.3, -0.25) is 0 Å². The Kier molecular flexibility index (Phi) is 4.95. The average molecular weight is 302 g/mol. The van der Waals surface area contributed by atoms with Crippen molar-refractivity contribution in [3.05, 3.63) is 96.1 Å². The lowest BCUT2D eigenvalue weighted by atomic mass is 10.1. The van der Waals surface area contributed by atoms with Gasteiger partial charge in [0.05, 0.1) is 0 Å². The van der Waals surface area contributed by atoms with Crippen LogP contribution in [-0.4, -0.2) is 7.05 Å². The van der Waals surface area contributed by atoms with Crippen molar-refractivity contribution in [1.29, 1.82) is 0 Å². The molecule has 0 heterocycles. The highest BCUT2D eigenvalue weighted by Gasteiger charge is 2.02. The number of hydrogen-bond acceptors (Lipinski definition) is 2. The van der Waals surface area contributed by atoms with Crippen molar-refractivity contribution in [3.8, 4) is 0 Å². The molecule has 2 nitrogen and oxygen atoms in total. The van der Waals surface area contributed by atoms with Gasteiger partial charge in [0.1, 0.15) is 0 Å². The van der Waals surface area contributed by atoms with Crippen LogP contribution in [0.5, 0.6) is 0 Å². The normalized spacial score (nSPS) is 10.3. The second kappa shape index (κ2) is 7.50. The van der Waals surface area contributed by atoms with Gasteiger partial charge in [0.15, 0.2) is 0 Å². The van der Waals surface area contributed by atoms with Gasteiger partial charge >= 0.3 is 0 Å². The quantitative estimate of drug-likeness (QED) is 0.694. The van der Waals surface area contributed by atoms with Crippen molar-refractivity contribution in [3.63, 3.8) is 0 Å². The van der Waals surface area contributed by atoms with Gasteiger partial charge in [0, 0.05) is 31.5 Å². The van der Waals surface area contributed by atoms with E-state index in [-0.39, 0.29) is 0 Å². The van der Waals surface area contributed by atoms with Crippen molar-refractivity contribution in [1.82, 2.24) is 0 Å². The molecule has 1 N–H and O–H groups in total. The molecule has 0 unspecified atom stereocenters. The second-order valence-corrected chi connectivity index (χ2v) is 5.73. The number of nitrogens with zero attached hydrogens (tertiary/aromatic N) is 1. The summed E-state index contributed by atoms with van der Waals surface area (Å²) in [5.41, 5.74) is 5.01. The molecular weight excluding hydrogens is 280 g/mol. The first-order chi connectivity index (χ1) is 11.3. The number of anilines is 2. The van der Waals surface area contributed by atoms with Gasteiger partial charge in [0.25, 0.3) is 0 Å². The first-order valence-corrected chi connectivity index (χ1v) is 7.94. The highest BCUT2D eigenvalue weighted by atomic mass is 15.1. The molecule has 3 aromatic carbocycles. The molecule has 0 saturated carbocycles. The number of nitrogens with one attached hydrogen (secondary N) is 1. The Morgan fingerprint density at radius 3 is 2.13 bits per heavy atom. The molecule has 0 radical (unpaired) electrons. The summed E-state index contributed by atoms with van der Waals surface area (Å²) in [6, 6.07) is 29.6. The molecule has 116 valence electrons. The monoisotopic (exact) mass is 302 g/mol. The molecular formula is C21H22N2. The van der Waals surface area contributed by atoms with Crippen LogP contribution in [0.15, 0.2) is 84.9 Å². The summed E-state index contributed by atoms with van der Waals surface area (Å²) in [5.74, 6) is 0. The van der Waals surface area contributed by atoms with Crippen molar-refractivity contribution >= 4 is 11.4 Å². The van der Waals surface area contributed by atoms with E-state index in [2.05, 4.69) is 77.9 Å². The van der Waals surface area contributed by atoms with Crippen LogP contribution in [0.1, 0.15) is 11.1 Å². The minimum atomic E-state index is 0.840. The minimum absolute atomic E-state index is 0.840. The van der Waals surface area contributed by atoms with E-state index in [9.17, 15) is 0 Å². The van der Waals surface area contributed by atoms with Crippen LogP contribution >= 0.6 is 0 Å². The van der Waals surface area contributed by atoms with E-state index in [0.29, 0.717) is 0 Å². The number of para-hydroxylation sites is 2. The molecule has 0 fully saturated rings. The second-order valence-electron chi connectivity index (χ2n) is 5.73. The minimum Gasteiger partial charge on any atom is -0.381 e. The Morgan fingerprint density at radius 2 is 1.39 bits per heavy atom. The van der Waals surface area contributed by atoms with E-state index in [1.54, 1.807) is 0 Å². The van der Waals surface area contributed by atoms with Gasteiger partial charge in [-0.2, -0.15) is 0 Å². The topological polar surface area (TPSA) is 15.3 Å². The third kappa shape index (κ3) is 4.36. The molecule has 0 spiro atoms.